The zero-order chi connectivity index (χ0) is 14.5. The molecule has 0 atom stereocenters. The molecule has 0 saturated carbocycles. The molecule has 0 aliphatic heterocycles. The number of aromatic nitrogens is 2. The topological polar surface area (TPSA) is 82.2 Å². The summed E-state index contributed by atoms with van der Waals surface area (Å²) < 4.78 is 7.68. The van der Waals surface area contributed by atoms with Crippen molar-refractivity contribution in [1.29, 1.82) is 0 Å². The van der Waals surface area contributed by atoms with Gasteiger partial charge in [-0.2, -0.15) is 5.10 Å². The Balaban J connectivity index is 2.01. The summed E-state index contributed by atoms with van der Waals surface area (Å²) in [6, 6.07) is 5.77. The molecule has 1 aromatic heterocycles. The van der Waals surface area contributed by atoms with Gasteiger partial charge in [0.1, 0.15) is 12.3 Å². The van der Waals surface area contributed by atoms with Crippen molar-refractivity contribution in [2.24, 2.45) is 5.73 Å². The Morgan fingerprint density at radius 2 is 2.35 bits per heavy atom. The Labute approximate surface area is 125 Å². The number of benzene rings is 1. The second kappa shape index (κ2) is 6.42. The molecule has 1 aromatic carbocycles. The van der Waals surface area contributed by atoms with Crippen LogP contribution < -0.4 is 15.8 Å². The van der Waals surface area contributed by atoms with Gasteiger partial charge in [0.2, 0.25) is 5.91 Å². The lowest BCUT2D eigenvalue weighted by Crippen LogP contribution is -2.18. The second-order valence-electron chi connectivity index (χ2n) is 4.20. The number of nitrogens with zero attached hydrogens (tertiary/aromatic N) is 2. The van der Waals surface area contributed by atoms with Crippen molar-refractivity contribution < 1.29 is 9.53 Å². The van der Waals surface area contributed by atoms with Gasteiger partial charge in [-0.1, -0.05) is 15.9 Å². The Bertz CT molecular complexity index is 612. The van der Waals surface area contributed by atoms with Gasteiger partial charge in [-0.3, -0.25) is 9.48 Å². The number of primary amides is 1. The third-order valence-electron chi connectivity index (χ3n) is 2.69. The molecule has 0 saturated heterocycles. The first-order chi connectivity index (χ1) is 9.58. The molecule has 2 rings (SSSR count). The molecule has 3 N–H and O–H groups in total. The van der Waals surface area contributed by atoms with Gasteiger partial charge in [0, 0.05) is 17.2 Å². The molecule has 2 aromatic rings. The Kier molecular flexibility index (Phi) is 4.62. The molecule has 1 amide bonds. The van der Waals surface area contributed by atoms with E-state index in [2.05, 4.69) is 26.3 Å². The maximum Gasteiger partial charge on any atom is 0.239 e. The van der Waals surface area contributed by atoms with Gasteiger partial charge in [-0.25, -0.2) is 0 Å². The Morgan fingerprint density at radius 1 is 1.55 bits per heavy atom. The van der Waals surface area contributed by atoms with Crippen molar-refractivity contribution >= 4 is 27.5 Å². The standard InChI is InChI=1S/C13H15BrN4O2/c1-20-11-2-3-12(14)9(4-11)5-16-10-6-17-18(7-10)8-13(15)19/h2-4,6-7,16H,5,8H2,1H3,(H2,15,19). The predicted octanol–water partition coefficient (Wildman–Crippen LogP) is 1.75. The lowest BCUT2D eigenvalue weighted by Gasteiger charge is -2.08. The smallest absolute Gasteiger partial charge is 0.239 e. The van der Waals surface area contributed by atoms with Crippen molar-refractivity contribution in [1.82, 2.24) is 9.78 Å². The Morgan fingerprint density at radius 3 is 3.05 bits per heavy atom. The van der Waals surface area contributed by atoms with E-state index < -0.39 is 5.91 Å². The quantitative estimate of drug-likeness (QED) is 0.840. The van der Waals surface area contributed by atoms with E-state index in [-0.39, 0.29) is 6.54 Å². The zero-order valence-corrected chi connectivity index (χ0v) is 12.6. The molecule has 0 aliphatic rings. The van der Waals surface area contributed by atoms with Crippen LogP contribution in [0.25, 0.3) is 0 Å². The third kappa shape index (κ3) is 3.74. The number of nitrogens with two attached hydrogens (primary N) is 1. The molecule has 106 valence electrons. The van der Waals surface area contributed by atoms with Crippen molar-refractivity contribution in [3.63, 3.8) is 0 Å². The number of amides is 1. The van der Waals surface area contributed by atoms with Crippen molar-refractivity contribution in [3.05, 3.63) is 40.6 Å². The molecule has 6 nitrogen and oxygen atoms in total. The number of rotatable bonds is 6. The SMILES string of the molecule is COc1ccc(Br)c(CNc2cnn(CC(N)=O)c2)c1. The number of hydrogen-bond acceptors (Lipinski definition) is 4. The van der Waals surface area contributed by atoms with Gasteiger partial charge in [-0.05, 0) is 23.8 Å². The summed E-state index contributed by atoms with van der Waals surface area (Å²) in [6.45, 7) is 0.685. The summed E-state index contributed by atoms with van der Waals surface area (Å²) in [4.78, 5) is 10.8. The minimum Gasteiger partial charge on any atom is -0.497 e. The summed E-state index contributed by atoms with van der Waals surface area (Å²) in [5, 5.41) is 7.27. The van der Waals surface area contributed by atoms with Crippen LogP contribution in [0, 0.1) is 0 Å². The van der Waals surface area contributed by atoms with Gasteiger partial charge in [0.05, 0.1) is 19.0 Å². The maximum atomic E-state index is 10.8. The van der Waals surface area contributed by atoms with Crippen LogP contribution in [0.2, 0.25) is 0 Å². The van der Waals surface area contributed by atoms with E-state index in [4.69, 9.17) is 10.5 Å². The van der Waals surface area contributed by atoms with Crippen molar-refractivity contribution in [2.45, 2.75) is 13.1 Å². The largest absolute Gasteiger partial charge is 0.497 e. The van der Waals surface area contributed by atoms with Crippen LogP contribution >= 0.6 is 15.9 Å². The maximum absolute atomic E-state index is 10.8. The summed E-state index contributed by atoms with van der Waals surface area (Å²) in [5.74, 6) is 0.379. The average molecular weight is 339 g/mol. The van der Waals surface area contributed by atoms with Gasteiger partial charge in [0.15, 0.2) is 0 Å². The molecule has 0 bridgehead atoms. The monoisotopic (exact) mass is 338 g/mol. The number of halogens is 1. The lowest BCUT2D eigenvalue weighted by atomic mass is 10.2. The minimum atomic E-state index is -0.421. The number of ether oxygens (including phenoxy) is 1. The van der Waals surface area contributed by atoms with Gasteiger partial charge >= 0.3 is 0 Å². The zero-order valence-electron chi connectivity index (χ0n) is 11.0. The van der Waals surface area contributed by atoms with Crippen LogP contribution in [0.4, 0.5) is 5.69 Å². The molecular weight excluding hydrogens is 324 g/mol. The van der Waals surface area contributed by atoms with Crippen LogP contribution in [0.1, 0.15) is 5.56 Å². The number of hydrogen-bond donors (Lipinski definition) is 2. The molecule has 0 spiro atoms. The van der Waals surface area contributed by atoms with E-state index in [0.29, 0.717) is 6.54 Å². The summed E-state index contributed by atoms with van der Waals surface area (Å²) in [7, 11) is 1.63. The fraction of sp³-hybridized carbons (Fsp3) is 0.231. The van der Waals surface area contributed by atoms with E-state index >= 15 is 0 Å². The highest BCUT2D eigenvalue weighted by atomic mass is 79.9. The minimum absolute atomic E-state index is 0.0739. The van der Waals surface area contributed by atoms with Crippen LogP contribution in [-0.4, -0.2) is 22.8 Å². The van der Waals surface area contributed by atoms with E-state index in [9.17, 15) is 4.79 Å². The van der Waals surface area contributed by atoms with E-state index in [0.717, 1.165) is 21.5 Å². The normalized spacial score (nSPS) is 10.3. The number of carbonyl (C=O) groups excluding carboxylic acids is 1. The van der Waals surface area contributed by atoms with Crippen LogP contribution in [-0.2, 0) is 17.9 Å². The first kappa shape index (κ1) is 14.4. The number of nitrogens with one attached hydrogen (secondary N) is 1. The molecule has 1 heterocycles. The van der Waals surface area contributed by atoms with E-state index in [1.807, 2.05) is 18.2 Å². The fourth-order valence-electron chi connectivity index (χ4n) is 1.71. The summed E-state index contributed by atoms with van der Waals surface area (Å²) in [6.07, 6.45) is 3.38. The van der Waals surface area contributed by atoms with E-state index in [1.165, 1.54) is 4.68 Å². The predicted molar refractivity (Wildman–Crippen MR) is 79.4 cm³/mol. The first-order valence-electron chi connectivity index (χ1n) is 5.95. The summed E-state index contributed by atoms with van der Waals surface area (Å²) in [5.41, 5.74) is 6.99. The number of carbonyl (C=O) groups is 1. The first-order valence-corrected chi connectivity index (χ1v) is 6.75. The van der Waals surface area contributed by atoms with Gasteiger partial charge < -0.3 is 15.8 Å². The summed E-state index contributed by atoms with van der Waals surface area (Å²) >= 11 is 3.49. The third-order valence-corrected chi connectivity index (χ3v) is 3.46. The molecule has 7 heteroatoms. The van der Waals surface area contributed by atoms with E-state index in [1.54, 1.807) is 19.5 Å². The van der Waals surface area contributed by atoms with Crippen LogP contribution in [0.3, 0.4) is 0 Å². The lowest BCUT2D eigenvalue weighted by molar-refractivity contribution is -0.118. The highest BCUT2D eigenvalue weighted by molar-refractivity contribution is 9.10. The molecule has 0 aliphatic carbocycles. The highest BCUT2D eigenvalue weighted by Crippen LogP contribution is 2.23. The van der Waals surface area contributed by atoms with Crippen LogP contribution in [0.15, 0.2) is 35.1 Å². The van der Waals surface area contributed by atoms with Gasteiger partial charge in [0.25, 0.3) is 0 Å². The molecular formula is C13H15BrN4O2. The molecule has 20 heavy (non-hydrogen) atoms. The number of anilines is 1. The fourth-order valence-corrected chi connectivity index (χ4v) is 2.10. The highest BCUT2D eigenvalue weighted by Gasteiger charge is 2.04. The number of methoxy groups -OCH3 is 1. The second-order valence-corrected chi connectivity index (χ2v) is 5.06. The Hall–Kier alpha value is -2.02. The van der Waals surface area contributed by atoms with Crippen molar-refractivity contribution in [2.75, 3.05) is 12.4 Å². The average Bonchev–Trinajstić information content (AvgIpc) is 2.84. The molecule has 0 unspecified atom stereocenters. The molecule has 0 fully saturated rings. The van der Waals surface area contributed by atoms with Crippen LogP contribution in [0.5, 0.6) is 5.75 Å². The van der Waals surface area contributed by atoms with Gasteiger partial charge in [-0.15, -0.1) is 0 Å². The van der Waals surface area contributed by atoms with Crippen molar-refractivity contribution in [3.8, 4) is 5.75 Å². The molecule has 0 radical (unpaired) electrons.